The summed E-state index contributed by atoms with van der Waals surface area (Å²) in [6.45, 7) is 0. The average molecular weight is 405 g/mol. The van der Waals surface area contributed by atoms with Crippen molar-refractivity contribution >= 4 is 45.8 Å². The maximum atomic E-state index is 13.6. The molecule has 2 N–H and O–H groups in total. The molecular formula is C11H7ClFIN6. The molecule has 0 unspecified atom stereocenters. The van der Waals surface area contributed by atoms with Crippen molar-refractivity contribution in [2.24, 2.45) is 0 Å². The largest absolute Gasteiger partial charge is 0.368 e. The molecule has 3 rings (SSSR count). The van der Waals surface area contributed by atoms with Crippen molar-refractivity contribution in [1.29, 1.82) is 0 Å². The molecule has 0 atom stereocenters. The molecule has 0 fully saturated rings. The molecule has 0 aliphatic carbocycles. The monoisotopic (exact) mass is 404 g/mol. The maximum absolute atomic E-state index is 13.6. The molecule has 3 aromatic rings. The van der Waals surface area contributed by atoms with Gasteiger partial charge in [0.2, 0.25) is 5.95 Å². The Kier molecular flexibility index (Phi) is 3.42. The molecule has 0 saturated heterocycles. The predicted octanol–water partition coefficient (Wildman–Crippen LogP) is 2.09. The van der Waals surface area contributed by atoms with Crippen LogP contribution in [-0.2, 0) is 6.42 Å². The van der Waals surface area contributed by atoms with Crippen LogP contribution in [0.2, 0.25) is 5.15 Å². The van der Waals surface area contributed by atoms with Crippen LogP contribution >= 0.6 is 34.2 Å². The number of halogens is 3. The molecule has 0 bridgehead atoms. The molecule has 9 heteroatoms. The van der Waals surface area contributed by atoms with E-state index in [1.807, 2.05) is 22.6 Å². The molecular weight excluding hydrogens is 398 g/mol. The van der Waals surface area contributed by atoms with E-state index in [2.05, 4.69) is 20.1 Å². The highest BCUT2D eigenvalue weighted by molar-refractivity contribution is 14.1. The topological polar surface area (TPSA) is 82.0 Å². The van der Waals surface area contributed by atoms with Gasteiger partial charge in [-0.1, -0.05) is 11.6 Å². The van der Waals surface area contributed by atoms with E-state index in [1.54, 1.807) is 0 Å². The molecule has 0 aliphatic heterocycles. The van der Waals surface area contributed by atoms with Crippen molar-refractivity contribution < 1.29 is 4.39 Å². The van der Waals surface area contributed by atoms with Gasteiger partial charge in [-0.25, -0.2) is 9.37 Å². The Balaban J connectivity index is 2.08. The van der Waals surface area contributed by atoms with E-state index in [0.29, 0.717) is 15.0 Å². The highest BCUT2D eigenvalue weighted by Gasteiger charge is 2.15. The van der Waals surface area contributed by atoms with Crippen molar-refractivity contribution in [3.05, 3.63) is 44.4 Å². The highest BCUT2D eigenvalue weighted by Crippen LogP contribution is 2.22. The minimum atomic E-state index is -0.398. The van der Waals surface area contributed by atoms with Gasteiger partial charge in [0.15, 0.2) is 11.5 Å². The van der Waals surface area contributed by atoms with Crippen molar-refractivity contribution in [3.8, 4) is 0 Å². The van der Waals surface area contributed by atoms with E-state index in [4.69, 9.17) is 17.3 Å². The lowest BCUT2D eigenvalue weighted by molar-refractivity contribution is 0.601. The van der Waals surface area contributed by atoms with E-state index >= 15 is 0 Å². The van der Waals surface area contributed by atoms with Gasteiger partial charge in [-0.3, -0.25) is 4.98 Å². The third-order valence-corrected chi connectivity index (χ3v) is 4.20. The van der Waals surface area contributed by atoms with Crippen molar-refractivity contribution in [2.45, 2.75) is 6.42 Å². The lowest BCUT2D eigenvalue weighted by atomic mass is 10.2. The smallest absolute Gasteiger partial charge is 0.224 e. The first-order valence-electron chi connectivity index (χ1n) is 5.52. The van der Waals surface area contributed by atoms with Crippen LogP contribution in [-0.4, -0.2) is 24.6 Å². The SMILES string of the molecule is Nc1nc(Cl)c(I)c2nc(Cc3ncccc3F)nn12. The number of nitrogens with two attached hydrogens (primary N) is 1. The summed E-state index contributed by atoms with van der Waals surface area (Å²) in [4.78, 5) is 12.2. The van der Waals surface area contributed by atoms with Crippen LogP contribution in [0, 0.1) is 9.39 Å². The summed E-state index contributed by atoms with van der Waals surface area (Å²) in [6, 6.07) is 2.87. The van der Waals surface area contributed by atoms with Gasteiger partial charge < -0.3 is 5.73 Å². The first-order valence-corrected chi connectivity index (χ1v) is 6.97. The zero-order valence-electron chi connectivity index (χ0n) is 9.89. The summed E-state index contributed by atoms with van der Waals surface area (Å²) in [5, 5.41) is 4.46. The molecule has 0 saturated carbocycles. The number of nitrogen functional groups attached to an aromatic ring is 1. The quantitative estimate of drug-likeness (QED) is 0.522. The van der Waals surface area contributed by atoms with Gasteiger partial charge >= 0.3 is 0 Å². The molecule has 0 aliphatic rings. The number of aromatic nitrogens is 5. The normalized spacial score (nSPS) is 11.2. The van der Waals surface area contributed by atoms with Gasteiger partial charge in [-0.05, 0) is 34.7 Å². The minimum Gasteiger partial charge on any atom is -0.368 e. The summed E-state index contributed by atoms with van der Waals surface area (Å²) in [5.41, 5.74) is 6.50. The Labute approximate surface area is 131 Å². The van der Waals surface area contributed by atoms with Gasteiger partial charge in [-0.2, -0.15) is 9.50 Å². The van der Waals surface area contributed by atoms with E-state index in [1.165, 1.54) is 22.8 Å². The van der Waals surface area contributed by atoms with E-state index in [9.17, 15) is 4.39 Å². The first kappa shape index (κ1) is 13.4. The van der Waals surface area contributed by atoms with Crippen molar-refractivity contribution in [3.63, 3.8) is 0 Å². The first-order chi connectivity index (χ1) is 9.56. The summed E-state index contributed by atoms with van der Waals surface area (Å²) in [5.74, 6) is 0.132. The molecule has 3 heterocycles. The Morgan fingerprint density at radius 1 is 1.40 bits per heavy atom. The Morgan fingerprint density at radius 3 is 2.95 bits per heavy atom. The highest BCUT2D eigenvalue weighted by atomic mass is 127. The standard InChI is InChI=1S/C11H7ClFIN6/c12-9-8(14)10-17-7(19-20(10)11(15)18-9)4-6-5(13)2-1-3-16-6/h1-3H,4H2,(H2,15,18). The fourth-order valence-corrected chi connectivity index (χ4v) is 2.36. The second-order valence-electron chi connectivity index (χ2n) is 3.95. The van der Waals surface area contributed by atoms with Crippen LogP contribution < -0.4 is 5.73 Å². The van der Waals surface area contributed by atoms with Gasteiger partial charge in [0.05, 0.1) is 15.7 Å². The molecule has 102 valence electrons. The zero-order valence-corrected chi connectivity index (χ0v) is 12.8. The van der Waals surface area contributed by atoms with Crippen LogP contribution in [0.25, 0.3) is 5.65 Å². The zero-order chi connectivity index (χ0) is 14.3. The Bertz CT molecular complexity index is 805. The molecule has 20 heavy (non-hydrogen) atoms. The minimum absolute atomic E-state index is 0.130. The molecule has 6 nitrogen and oxygen atoms in total. The van der Waals surface area contributed by atoms with Crippen LogP contribution in [0.1, 0.15) is 11.5 Å². The number of hydrogen-bond acceptors (Lipinski definition) is 5. The fourth-order valence-electron chi connectivity index (χ4n) is 1.72. The lowest BCUT2D eigenvalue weighted by Gasteiger charge is -1.99. The summed E-state index contributed by atoms with van der Waals surface area (Å²) >= 11 is 7.94. The number of fused-ring (bicyclic) bond motifs is 1. The Morgan fingerprint density at radius 2 is 2.20 bits per heavy atom. The van der Waals surface area contributed by atoms with E-state index < -0.39 is 5.82 Å². The van der Waals surface area contributed by atoms with E-state index in [-0.39, 0.29) is 23.2 Å². The van der Waals surface area contributed by atoms with Crippen LogP contribution in [0.3, 0.4) is 0 Å². The summed E-state index contributed by atoms with van der Waals surface area (Å²) in [7, 11) is 0. The van der Waals surface area contributed by atoms with Gasteiger partial charge in [0.1, 0.15) is 11.0 Å². The summed E-state index contributed by atoms with van der Waals surface area (Å²) in [6.07, 6.45) is 1.69. The second kappa shape index (κ2) is 5.09. The maximum Gasteiger partial charge on any atom is 0.224 e. The molecule has 0 radical (unpaired) electrons. The number of hydrogen-bond donors (Lipinski definition) is 1. The van der Waals surface area contributed by atoms with Crippen LogP contribution in [0.15, 0.2) is 18.3 Å². The number of nitrogens with zero attached hydrogens (tertiary/aromatic N) is 5. The summed E-state index contributed by atoms with van der Waals surface area (Å²) < 4.78 is 15.6. The predicted molar refractivity (Wildman–Crippen MR) is 79.9 cm³/mol. The Hall–Kier alpha value is -1.55. The second-order valence-corrected chi connectivity index (χ2v) is 5.38. The fraction of sp³-hybridized carbons (Fsp3) is 0.0909. The molecule has 0 spiro atoms. The number of anilines is 1. The number of rotatable bonds is 2. The van der Waals surface area contributed by atoms with Crippen LogP contribution in [0.5, 0.6) is 0 Å². The lowest BCUT2D eigenvalue weighted by Crippen LogP contribution is -2.04. The molecule has 3 aromatic heterocycles. The average Bonchev–Trinajstić information content (AvgIpc) is 2.83. The molecule has 0 amide bonds. The van der Waals surface area contributed by atoms with Crippen molar-refractivity contribution in [1.82, 2.24) is 24.6 Å². The van der Waals surface area contributed by atoms with Gasteiger partial charge in [0, 0.05) is 6.20 Å². The third kappa shape index (κ3) is 2.29. The van der Waals surface area contributed by atoms with Crippen molar-refractivity contribution in [2.75, 3.05) is 5.73 Å². The molecule has 0 aromatic carbocycles. The van der Waals surface area contributed by atoms with Crippen LogP contribution in [0.4, 0.5) is 10.3 Å². The van der Waals surface area contributed by atoms with E-state index in [0.717, 1.165) is 0 Å². The van der Waals surface area contributed by atoms with Gasteiger partial charge in [-0.15, -0.1) is 5.10 Å². The number of pyridine rings is 1. The third-order valence-electron chi connectivity index (χ3n) is 2.62. The van der Waals surface area contributed by atoms with Gasteiger partial charge in [0.25, 0.3) is 0 Å².